The molecule has 0 aromatic carbocycles. The van der Waals surface area contributed by atoms with Crippen molar-refractivity contribution in [2.75, 3.05) is 7.05 Å². The van der Waals surface area contributed by atoms with Gasteiger partial charge in [0.05, 0.1) is 0 Å². The number of likely N-dealkylation sites (N-methyl/N-ethyl adjacent to an activating group) is 1. The number of nitrogens with one attached hydrogen (secondary N) is 1. The zero-order chi connectivity index (χ0) is 9.90. The maximum atomic E-state index is 3.39. The smallest absolute Gasteiger partial charge is 0.0161 e. The maximum Gasteiger partial charge on any atom is 0.0161 e. The summed E-state index contributed by atoms with van der Waals surface area (Å²) in [4.78, 5) is 1.47. The lowest BCUT2D eigenvalue weighted by molar-refractivity contribution is 0.281. The molecule has 0 radical (unpaired) electrons. The quantitative estimate of drug-likeness (QED) is 0.785. The van der Waals surface area contributed by atoms with E-state index in [9.17, 15) is 0 Å². The van der Waals surface area contributed by atoms with Gasteiger partial charge in [-0.25, -0.2) is 0 Å². The minimum atomic E-state index is 0.332. The summed E-state index contributed by atoms with van der Waals surface area (Å²) < 4.78 is 0. The summed E-state index contributed by atoms with van der Waals surface area (Å²) >= 11 is 1.84. The first-order valence-electron chi connectivity index (χ1n) is 4.73. The molecule has 1 nitrogen and oxygen atoms in total. The summed E-state index contributed by atoms with van der Waals surface area (Å²) in [5.41, 5.74) is 0.332. The molecule has 74 valence electrons. The Hall–Kier alpha value is -0.340. The van der Waals surface area contributed by atoms with Crippen molar-refractivity contribution in [2.45, 2.75) is 33.2 Å². The molecular formula is C11H19NS. The Labute approximate surface area is 85.2 Å². The molecule has 0 aliphatic rings. The average molecular weight is 197 g/mol. The zero-order valence-electron chi connectivity index (χ0n) is 8.92. The van der Waals surface area contributed by atoms with Crippen molar-refractivity contribution in [2.24, 2.45) is 5.41 Å². The van der Waals surface area contributed by atoms with Crippen LogP contribution in [0.15, 0.2) is 17.5 Å². The fraction of sp³-hybridized carbons (Fsp3) is 0.636. The van der Waals surface area contributed by atoms with Gasteiger partial charge in [0.15, 0.2) is 0 Å². The van der Waals surface area contributed by atoms with Crippen molar-refractivity contribution in [1.29, 1.82) is 0 Å². The van der Waals surface area contributed by atoms with Crippen LogP contribution in [0.2, 0.25) is 0 Å². The van der Waals surface area contributed by atoms with Gasteiger partial charge in [-0.05, 0) is 30.3 Å². The highest BCUT2D eigenvalue weighted by Crippen LogP contribution is 2.23. The van der Waals surface area contributed by atoms with Crippen LogP contribution in [0.25, 0.3) is 0 Å². The van der Waals surface area contributed by atoms with Crippen LogP contribution in [-0.2, 0) is 6.42 Å². The van der Waals surface area contributed by atoms with Gasteiger partial charge in [0.2, 0.25) is 0 Å². The summed E-state index contributed by atoms with van der Waals surface area (Å²) in [6.07, 6.45) is 1.14. The SMILES string of the molecule is CNC(Cc1cccs1)C(C)(C)C. The molecule has 1 unspecified atom stereocenters. The summed E-state index contributed by atoms with van der Waals surface area (Å²) in [5, 5.41) is 5.53. The van der Waals surface area contributed by atoms with Crippen LogP contribution in [0.4, 0.5) is 0 Å². The van der Waals surface area contributed by atoms with Gasteiger partial charge < -0.3 is 5.32 Å². The van der Waals surface area contributed by atoms with E-state index in [1.807, 2.05) is 18.4 Å². The predicted molar refractivity (Wildman–Crippen MR) is 60.3 cm³/mol. The predicted octanol–water partition coefficient (Wildman–Crippen LogP) is 2.92. The number of rotatable bonds is 3. The molecule has 1 N–H and O–H groups in total. The minimum absolute atomic E-state index is 0.332. The lowest BCUT2D eigenvalue weighted by Gasteiger charge is -2.30. The van der Waals surface area contributed by atoms with Crippen LogP contribution < -0.4 is 5.32 Å². The van der Waals surface area contributed by atoms with Crippen molar-refractivity contribution in [1.82, 2.24) is 5.32 Å². The van der Waals surface area contributed by atoms with E-state index in [2.05, 4.69) is 43.6 Å². The number of hydrogen-bond donors (Lipinski definition) is 1. The van der Waals surface area contributed by atoms with Gasteiger partial charge in [0, 0.05) is 10.9 Å². The van der Waals surface area contributed by atoms with Gasteiger partial charge in [-0.15, -0.1) is 11.3 Å². The van der Waals surface area contributed by atoms with Crippen molar-refractivity contribution >= 4 is 11.3 Å². The van der Waals surface area contributed by atoms with Crippen LogP contribution in [0.5, 0.6) is 0 Å². The molecule has 1 atom stereocenters. The summed E-state index contributed by atoms with van der Waals surface area (Å²) in [7, 11) is 2.05. The fourth-order valence-electron chi connectivity index (χ4n) is 1.47. The highest BCUT2D eigenvalue weighted by Gasteiger charge is 2.23. The van der Waals surface area contributed by atoms with E-state index >= 15 is 0 Å². The second kappa shape index (κ2) is 4.25. The number of thiophene rings is 1. The van der Waals surface area contributed by atoms with E-state index in [1.165, 1.54) is 4.88 Å². The standard InChI is InChI=1S/C11H19NS/c1-11(2,3)10(12-4)8-9-6-5-7-13-9/h5-7,10,12H,8H2,1-4H3. The van der Waals surface area contributed by atoms with Crippen LogP contribution in [-0.4, -0.2) is 13.1 Å². The third-order valence-electron chi connectivity index (χ3n) is 2.38. The lowest BCUT2D eigenvalue weighted by atomic mass is 9.84. The monoisotopic (exact) mass is 197 g/mol. The topological polar surface area (TPSA) is 12.0 Å². The van der Waals surface area contributed by atoms with E-state index in [1.54, 1.807) is 0 Å². The third-order valence-corrected chi connectivity index (χ3v) is 3.28. The van der Waals surface area contributed by atoms with Crippen LogP contribution in [0.3, 0.4) is 0 Å². The lowest BCUT2D eigenvalue weighted by Crippen LogP contribution is -2.39. The molecule has 0 bridgehead atoms. The molecule has 0 saturated carbocycles. The minimum Gasteiger partial charge on any atom is -0.316 e. The van der Waals surface area contributed by atoms with Gasteiger partial charge in [-0.2, -0.15) is 0 Å². The van der Waals surface area contributed by atoms with Gasteiger partial charge in [-0.1, -0.05) is 26.8 Å². The molecule has 13 heavy (non-hydrogen) atoms. The first-order chi connectivity index (χ1) is 6.04. The molecule has 1 aromatic heterocycles. The van der Waals surface area contributed by atoms with Crippen LogP contribution in [0, 0.1) is 5.41 Å². The van der Waals surface area contributed by atoms with Gasteiger partial charge in [0.25, 0.3) is 0 Å². The van der Waals surface area contributed by atoms with Crippen molar-refractivity contribution in [3.63, 3.8) is 0 Å². The first kappa shape index (κ1) is 10.7. The fourth-order valence-corrected chi connectivity index (χ4v) is 2.22. The molecule has 0 saturated heterocycles. The summed E-state index contributed by atoms with van der Waals surface area (Å²) in [5.74, 6) is 0. The first-order valence-corrected chi connectivity index (χ1v) is 5.61. The van der Waals surface area contributed by atoms with Gasteiger partial charge in [-0.3, -0.25) is 0 Å². The molecule has 0 amide bonds. The van der Waals surface area contributed by atoms with Gasteiger partial charge in [0.1, 0.15) is 0 Å². The summed E-state index contributed by atoms with van der Waals surface area (Å²) in [6, 6.07) is 4.89. The normalized spacial score (nSPS) is 14.5. The summed E-state index contributed by atoms with van der Waals surface area (Å²) in [6.45, 7) is 6.84. The van der Waals surface area contributed by atoms with Crippen LogP contribution >= 0.6 is 11.3 Å². The van der Waals surface area contributed by atoms with Gasteiger partial charge >= 0.3 is 0 Å². The zero-order valence-corrected chi connectivity index (χ0v) is 9.74. The van der Waals surface area contributed by atoms with Crippen LogP contribution in [0.1, 0.15) is 25.6 Å². The Morgan fingerprint density at radius 1 is 1.46 bits per heavy atom. The largest absolute Gasteiger partial charge is 0.316 e. The van der Waals surface area contributed by atoms with E-state index in [0.29, 0.717) is 11.5 Å². The second-order valence-corrected chi connectivity index (χ2v) is 5.52. The highest BCUT2D eigenvalue weighted by molar-refractivity contribution is 7.09. The molecule has 0 spiro atoms. The second-order valence-electron chi connectivity index (χ2n) is 4.49. The van der Waals surface area contributed by atoms with E-state index in [-0.39, 0.29) is 0 Å². The highest BCUT2D eigenvalue weighted by atomic mass is 32.1. The molecule has 1 rings (SSSR count). The van der Waals surface area contributed by atoms with Crippen molar-refractivity contribution < 1.29 is 0 Å². The van der Waals surface area contributed by atoms with E-state index in [0.717, 1.165) is 6.42 Å². The number of hydrogen-bond acceptors (Lipinski definition) is 2. The average Bonchev–Trinajstić information content (AvgIpc) is 2.49. The molecule has 0 fully saturated rings. The third kappa shape index (κ3) is 3.12. The Bertz CT molecular complexity index is 233. The van der Waals surface area contributed by atoms with E-state index < -0.39 is 0 Å². The maximum absolute atomic E-state index is 3.39. The Morgan fingerprint density at radius 2 is 2.15 bits per heavy atom. The van der Waals surface area contributed by atoms with E-state index in [4.69, 9.17) is 0 Å². The Kier molecular flexibility index (Phi) is 3.51. The molecule has 1 aromatic rings. The Morgan fingerprint density at radius 3 is 2.54 bits per heavy atom. The molecule has 2 heteroatoms. The van der Waals surface area contributed by atoms with Crippen molar-refractivity contribution in [3.8, 4) is 0 Å². The molecule has 0 aliphatic heterocycles. The molecule has 1 heterocycles. The van der Waals surface area contributed by atoms with Crippen molar-refractivity contribution in [3.05, 3.63) is 22.4 Å². The Balaban J connectivity index is 2.60. The molecular weight excluding hydrogens is 178 g/mol. The molecule has 0 aliphatic carbocycles.